The summed E-state index contributed by atoms with van der Waals surface area (Å²) >= 11 is 0. The Morgan fingerprint density at radius 3 is 2.03 bits per heavy atom. The van der Waals surface area contributed by atoms with Crippen molar-refractivity contribution in [2.75, 3.05) is 13.1 Å². The number of rotatable bonds is 8. The number of nitrogens with zero attached hydrogens (tertiary/aromatic N) is 3. The molecular formula is C24H27F6N3O2. The summed E-state index contributed by atoms with van der Waals surface area (Å²) in [4.78, 5) is 29.0. The van der Waals surface area contributed by atoms with Gasteiger partial charge in [-0.1, -0.05) is 13.8 Å². The highest BCUT2D eigenvalue weighted by molar-refractivity contribution is 5.97. The number of halogens is 6. The van der Waals surface area contributed by atoms with E-state index in [0.29, 0.717) is 31.5 Å². The topological polar surface area (TPSA) is 45.6 Å². The Kier molecular flexibility index (Phi) is 7.56. The third-order valence-corrected chi connectivity index (χ3v) is 5.73. The van der Waals surface area contributed by atoms with Crippen LogP contribution in [0.4, 0.5) is 26.3 Å². The van der Waals surface area contributed by atoms with E-state index < -0.39 is 53.4 Å². The van der Waals surface area contributed by atoms with Crippen LogP contribution in [0.5, 0.6) is 0 Å². The van der Waals surface area contributed by atoms with Crippen LogP contribution in [-0.2, 0) is 30.7 Å². The van der Waals surface area contributed by atoms with Gasteiger partial charge in [0.15, 0.2) is 0 Å². The highest BCUT2D eigenvalue weighted by Gasteiger charge is 2.40. The number of alkyl halides is 6. The second-order valence-electron chi connectivity index (χ2n) is 9.24. The summed E-state index contributed by atoms with van der Waals surface area (Å²) in [5.74, 6) is -1.36. The van der Waals surface area contributed by atoms with Crippen molar-refractivity contribution in [3.05, 3.63) is 58.9 Å². The van der Waals surface area contributed by atoms with Crippen molar-refractivity contribution in [3.63, 3.8) is 0 Å². The molecule has 35 heavy (non-hydrogen) atoms. The van der Waals surface area contributed by atoms with E-state index in [1.807, 2.05) is 43.8 Å². The lowest BCUT2D eigenvalue weighted by Gasteiger charge is -2.29. The summed E-state index contributed by atoms with van der Waals surface area (Å²) in [6.07, 6.45) is -7.28. The first-order valence-corrected chi connectivity index (χ1v) is 11.1. The monoisotopic (exact) mass is 503 g/mol. The van der Waals surface area contributed by atoms with E-state index in [9.17, 15) is 35.9 Å². The molecule has 0 aliphatic heterocycles. The SMILES string of the molecule is CC(C)CN(Cc1cccn1C)C(=O)CN(C(=O)c1cc(C(F)(F)F)cc(C(F)(F)F)c1)C1CC1. The van der Waals surface area contributed by atoms with Crippen LogP contribution in [0.3, 0.4) is 0 Å². The van der Waals surface area contributed by atoms with Gasteiger partial charge in [-0.05, 0) is 49.1 Å². The van der Waals surface area contributed by atoms with Crippen LogP contribution in [0.1, 0.15) is 53.9 Å². The Hall–Kier alpha value is -2.98. The smallest absolute Gasteiger partial charge is 0.353 e. The quantitative estimate of drug-likeness (QED) is 0.456. The van der Waals surface area contributed by atoms with Gasteiger partial charge in [-0.15, -0.1) is 0 Å². The largest absolute Gasteiger partial charge is 0.416 e. The average molecular weight is 503 g/mol. The van der Waals surface area contributed by atoms with Gasteiger partial charge in [-0.3, -0.25) is 9.59 Å². The Labute approximate surface area is 199 Å². The number of hydrogen-bond donors (Lipinski definition) is 0. The third kappa shape index (κ3) is 6.79. The van der Waals surface area contributed by atoms with E-state index in [0.717, 1.165) is 10.6 Å². The molecule has 1 aromatic carbocycles. The third-order valence-electron chi connectivity index (χ3n) is 5.73. The Bertz CT molecular complexity index is 1040. The molecule has 0 bridgehead atoms. The van der Waals surface area contributed by atoms with E-state index in [4.69, 9.17) is 0 Å². The first-order valence-electron chi connectivity index (χ1n) is 11.1. The van der Waals surface area contributed by atoms with Crippen molar-refractivity contribution in [1.29, 1.82) is 0 Å². The molecule has 192 valence electrons. The zero-order chi connectivity index (χ0) is 26.1. The Morgan fingerprint density at radius 2 is 1.60 bits per heavy atom. The van der Waals surface area contributed by atoms with Crippen LogP contribution >= 0.6 is 0 Å². The lowest BCUT2D eigenvalue weighted by molar-refractivity contribution is -0.143. The lowest BCUT2D eigenvalue weighted by atomic mass is 10.0. The minimum absolute atomic E-state index is 0.0202. The zero-order valence-corrected chi connectivity index (χ0v) is 19.6. The predicted molar refractivity (Wildman–Crippen MR) is 116 cm³/mol. The zero-order valence-electron chi connectivity index (χ0n) is 19.6. The minimum Gasteiger partial charge on any atom is -0.353 e. The minimum atomic E-state index is -5.07. The second-order valence-corrected chi connectivity index (χ2v) is 9.24. The molecule has 0 radical (unpaired) electrons. The molecule has 1 fully saturated rings. The molecule has 0 saturated heterocycles. The second kappa shape index (κ2) is 9.94. The Balaban J connectivity index is 1.89. The molecule has 11 heteroatoms. The molecular weight excluding hydrogens is 476 g/mol. The van der Waals surface area contributed by atoms with Gasteiger partial charge in [-0.25, -0.2) is 0 Å². The van der Waals surface area contributed by atoms with Gasteiger partial charge < -0.3 is 14.4 Å². The maximum Gasteiger partial charge on any atom is 0.416 e. The maximum absolute atomic E-state index is 13.3. The van der Waals surface area contributed by atoms with Gasteiger partial charge in [0, 0.05) is 37.1 Å². The molecule has 0 atom stereocenters. The average Bonchev–Trinajstić information content (AvgIpc) is 3.51. The van der Waals surface area contributed by atoms with Crippen LogP contribution in [0.2, 0.25) is 0 Å². The van der Waals surface area contributed by atoms with E-state index in [2.05, 4.69) is 0 Å². The molecule has 3 rings (SSSR count). The van der Waals surface area contributed by atoms with Crippen LogP contribution in [0, 0.1) is 5.92 Å². The molecule has 0 unspecified atom stereocenters. The molecule has 2 aromatic rings. The molecule has 0 spiro atoms. The Morgan fingerprint density at radius 1 is 1.03 bits per heavy atom. The van der Waals surface area contributed by atoms with Crippen LogP contribution in [0.25, 0.3) is 0 Å². The van der Waals surface area contributed by atoms with Gasteiger partial charge in [0.25, 0.3) is 5.91 Å². The van der Waals surface area contributed by atoms with E-state index in [1.54, 1.807) is 4.90 Å². The fourth-order valence-electron chi connectivity index (χ4n) is 3.79. The summed E-state index contributed by atoms with van der Waals surface area (Å²) in [7, 11) is 1.82. The lowest BCUT2D eigenvalue weighted by Crippen LogP contribution is -2.45. The van der Waals surface area contributed by atoms with E-state index in [-0.39, 0.29) is 18.5 Å². The highest BCUT2D eigenvalue weighted by atomic mass is 19.4. The molecule has 0 N–H and O–H groups in total. The maximum atomic E-state index is 13.3. The first kappa shape index (κ1) is 26.6. The molecule has 5 nitrogen and oxygen atoms in total. The summed E-state index contributed by atoms with van der Waals surface area (Å²) in [6, 6.07) is 4.05. The van der Waals surface area contributed by atoms with Gasteiger partial charge in [-0.2, -0.15) is 26.3 Å². The predicted octanol–water partition coefficient (Wildman–Crippen LogP) is 5.35. The molecule has 2 amide bonds. The highest BCUT2D eigenvalue weighted by Crippen LogP contribution is 2.37. The van der Waals surface area contributed by atoms with Gasteiger partial charge in [0.2, 0.25) is 5.91 Å². The van der Waals surface area contributed by atoms with Crippen molar-refractivity contribution >= 4 is 11.8 Å². The number of aromatic nitrogens is 1. The van der Waals surface area contributed by atoms with Crippen molar-refractivity contribution in [2.45, 2.75) is 51.6 Å². The van der Waals surface area contributed by atoms with Crippen molar-refractivity contribution in [2.24, 2.45) is 13.0 Å². The molecule has 1 aromatic heterocycles. The number of aryl methyl sites for hydroxylation is 1. The fraction of sp³-hybridized carbons (Fsp3) is 0.500. The van der Waals surface area contributed by atoms with Crippen LogP contribution in [0.15, 0.2) is 36.5 Å². The van der Waals surface area contributed by atoms with Crippen molar-refractivity contribution in [1.82, 2.24) is 14.4 Å². The van der Waals surface area contributed by atoms with Crippen LogP contribution in [-0.4, -0.2) is 45.3 Å². The van der Waals surface area contributed by atoms with Gasteiger partial charge >= 0.3 is 12.4 Å². The fourth-order valence-corrected chi connectivity index (χ4v) is 3.79. The molecule has 1 saturated carbocycles. The number of benzene rings is 1. The van der Waals surface area contributed by atoms with Gasteiger partial charge in [0.1, 0.15) is 6.54 Å². The molecule has 1 aliphatic carbocycles. The normalized spacial score (nSPS) is 14.3. The molecule has 1 aliphatic rings. The number of carbonyl (C=O) groups excluding carboxylic acids is 2. The summed E-state index contributed by atoms with van der Waals surface area (Å²) in [5.41, 5.74) is -3.04. The number of carbonyl (C=O) groups is 2. The van der Waals surface area contributed by atoms with E-state index in [1.165, 1.54) is 0 Å². The van der Waals surface area contributed by atoms with E-state index >= 15 is 0 Å². The molecule has 1 heterocycles. The summed E-state index contributed by atoms with van der Waals surface area (Å²) in [6.45, 7) is 4.03. The first-order chi connectivity index (χ1) is 16.2. The van der Waals surface area contributed by atoms with Gasteiger partial charge in [0.05, 0.1) is 17.7 Å². The van der Waals surface area contributed by atoms with Crippen LogP contribution < -0.4 is 0 Å². The number of amides is 2. The van der Waals surface area contributed by atoms with Crippen molar-refractivity contribution in [3.8, 4) is 0 Å². The summed E-state index contributed by atoms with van der Waals surface area (Å²) in [5, 5.41) is 0. The summed E-state index contributed by atoms with van der Waals surface area (Å²) < 4.78 is 81.4. The van der Waals surface area contributed by atoms with Crippen molar-refractivity contribution < 1.29 is 35.9 Å². The standard InChI is InChI=1S/C24H27F6N3O2/c1-15(2)12-32(13-20-5-4-8-31(20)3)21(34)14-33(19-6-7-19)22(35)16-9-17(23(25,26)27)11-18(10-16)24(28,29)30/h4-5,8-11,15,19H,6-7,12-14H2,1-3H3. The number of hydrogen-bond acceptors (Lipinski definition) is 2.